The van der Waals surface area contributed by atoms with Crippen molar-refractivity contribution in [3.63, 3.8) is 0 Å². The predicted molar refractivity (Wildman–Crippen MR) is 116 cm³/mol. The van der Waals surface area contributed by atoms with Crippen LogP contribution in [-0.4, -0.2) is 0 Å². The molecule has 0 bridgehead atoms. The van der Waals surface area contributed by atoms with E-state index in [1.165, 1.54) is 17.2 Å². The summed E-state index contributed by atoms with van der Waals surface area (Å²) in [6.07, 6.45) is 2.18. The first-order valence-corrected chi connectivity index (χ1v) is 10.4. The largest absolute Gasteiger partial charge is 0.207 e. The maximum Gasteiger partial charge on any atom is 0.131 e. The van der Waals surface area contributed by atoms with E-state index in [0.717, 1.165) is 23.7 Å². The molecule has 4 rings (SSSR count). The molecule has 1 saturated carbocycles. The van der Waals surface area contributed by atoms with E-state index in [0.29, 0.717) is 17.4 Å². The first-order valence-electron chi connectivity index (χ1n) is 9.79. The Hall–Kier alpha value is -2.05. The monoisotopic (exact) mass is 394 g/mol. The molecule has 3 aromatic rings. The standard InChI is InChI=1S/C25H25F2P/c1-16-14-21(25(2,15-16)19-10-12-20(26)13-11-19)17-6-8-18(9-7-17)24-22(27)4-3-5-23(24)28/h3-13,16,21H,14-15,28H2,1-2H3/t16?,21?,25-/m1/s1. The molecule has 1 aliphatic rings. The van der Waals surface area contributed by atoms with Crippen LogP contribution in [0.1, 0.15) is 43.7 Å². The number of halogens is 2. The highest BCUT2D eigenvalue weighted by atomic mass is 31.0. The summed E-state index contributed by atoms with van der Waals surface area (Å²) in [5, 5.41) is 0.860. The zero-order chi connectivity index (χ0) is 19.9. The molecular formula is C25H25F2P. The van der Waals surface area contributed by atoms with Crippen LogP contribution in [0.15, 0.2) is 66.7 Å². The Kier molecular flexibility index (Phi) is 5.10. The summed E-state index contributed by atoms with van der Waals surface area (Å²) < 4.78 is 27.8. The maximum atomic E-state index is 14.3. The molecule has 0 N–H and O–H groups in total. The highest BCUT2D eigenvalue weighted by molar-refractivity contribution is 7.28. The van der Waals surface area contributed by atoms with Gasteiger partial charge in [0, 0.05) is 5.56 Å². The van der Waals surface area contributed by atoms with Crippen LogP contribution in [0.2, 0.25) is 0 Å². The lowest BCUT2D eigenvalue weighted by atomic mass is 9.71. The average molecular weight is 394 g/mol. The Morgan fingerprint density at radius 3 is 2.25 bits per heavy atom. The van der Waals surface area contributed by atoms with E-state index in [1.54, 1.807) is 18.2 Å². The van der Waals surface area contributed by atoms with Gasteiger partial charge in [0.05, 0.1) is 0 Å². The molecule has 3 unspecified atom stereocenters. The van der Waals surface area contributed by atoms with Crippen LogP contribution >= 0.6 is 9.24 Å². The lowest BCUT2D eigenvalue weighted by Crippen LogP contribution is -2.25. The van der Waals surface area contributed by atoms with E-state index in [1.807, 2.05) is 30.3 Å². The highest BCUT2D eigenvalue weighted by Crippen LogP contribution is 2.53. The molecule has 1 aliphatic carbocycles. The number of benzene rings is 3. The van der Waals surface area contributed by atoms with Gasteiger partial charge in [0.25, 0.3) is 0 Å². The third-order valence-electron chi connectivity index (χ3n) is 6.33. The van der Waals surface area contributed by atoms with Gasteiger partial charge in [0.15, 0.2) is 0 Å². The summed E-state index contributed by atoms with van der Waals surface area (Å²) >= 11 is 0. The molecule has 4 atom stereocenters. The van der Waals surface area contributed by atoms with Crippen LogP contribution in [0.4, 0.5) is 8.78 Å². The number of hydrogen-bond donors (Lipinski definition) is 0. The summed E-state index contributed by atoms with van der Waals surface area (Å²) in [5.41, 5.74) is 3.95. The summed E-state index contributed by atoms with van der Waals surface area (Å²) in [4.78, 5) is 0. The lowest BCUT2D eigenvalue weighted by Gasteiger charge is -2.33. The van der Waals surface area contributed by atoms with Crippen molar-refractivity contribution in [1.82, 2.24) is 0 Å². The average Bonchev–Trinajstić information content (AvgIpc) is 2.98. The Labute approximate surface area is 168 Å². The second-order valence-electron chi connectivity index (χ2n) is 8.35. The predicted octanol–water partition coefficient (Wildman–Crippen LogP) is 6.60. The van der Waals surface area contributed by atoms with Crippen LogP contribution in [0.5, 0.6) is 0 Å². The van der Waals surface area contributed by atoms with Gasteiger partial charge in [0.1, 0.15) is 11.6 Å². The van der Waals surface area contributed by atoms with Crippen molar-refractivity contribution < 1.29 is 8.78 Å². The molecule has 144 valence electrons. The highest BCUT2D eigenvalue weighted by Gasteiger charge is 2.44. The normalized spacial score (nSPS) is 24.5. The summed E-state index contributed by atoms with van der Waals surface area (Å²) in [5.74, 6) is 0.561. The third-order valence-corrected chi connectivity index (χ3v) is 6.81. The smallest absolute Gasteiger partial charge is 0.131 e. The lowest BCUT2D eigenvalue weighted by molar-refractivity contribution is 0.423. The van der Waals surface area contributed by atoms with Gasteiger partial charge in [-0.15, -0.1) is 9.24 Å². The minimum absolute atomic E-state index is 0.0294. The second kappa shape index (κ2) is 7.41. The molecule has 0 saturated heterocycles. The Morgan fingerprint density at radius 2 is 1.61 bits per heavy atom. The van der Waals surface area contributed by atoms with Gasteiger partial charge in [0.2, 0.25) is 0 Å². The van der Waals surface area contributed by atoms with Crippen LogP contribution in [0.25, 0.3) is 11.1 Å². The zero-order valence-corrected chi connectivity index (χ0v) is 17.4. The summed E-state index contributed by atoms with van der Waals surface area (Å²) in [6.45, 7) is 4.58. The number of hydrogen-bond acceptors (Lipinski definition) is 0. The van der Waals surface area contributed by atoms with Crippen LogP contribution < -0.4 is 5.30 Å². The van der Waals surface area contributed by atoms with Crippen molar-refractivity contribution in [1.29, 1.82) is 0 Å². The van der Waals surface area contributed by atoms with Gasteiger partial charge in [-0.05, 0) is 70.3 Å². The van der Waals surface area contributed by atoms with Crippen molar-refractivity contribution >= 4 is 14.5 Å². The summed E-state index contributed by atoms with van der Waals surface area (Å²) in [6, 6.07) is 20.4. The summed E-state index contributed by atoms with van der Waals surface area (Å²) in [7, 11) is 2.62. The third kappa shape index (κ3) is 3.40. The Bertz CT molecular complexity index is 958. The molecule has 0 aromatic heterocycles. The quantitative estimate of drug-likeness (QED) is 0.439. The van der Waals surface area contributed by atoms with Gasteiger partial charge in [-0.3, -0.25) is 0 Å². The van der Waals surface area contributed by atoms with E-state index in [-0.39, 0.29) is 17.0 Å². The van der Waals surface area contributed by atoms with Gasteiger partial charge in [-0.1, -0.05) is 62.4 Å². The second-order valence-corrected chi connectivity index (χ2v) is 8.97. The van der Waals surface area contributed by atoms with Crippen molar-refractivity contribution in [3.05, 3.63) is 89.5 Å². The maximum absolute atomic E-state index is 14.3. The van der Waals surface area contributed by atoms with E-state index in [2.05, 4.69) is 35.2 Å². The van der Waals surface area contributed by atoms with Crippen LogP contribution in [0, 0.1) is 17.6 Å². The molecule has 0 spiro atoms. The molecule has 1 fully saturated rings. The van der Waals surface area contributed by atoms with E-state index < -0.39 is 0 Å². The molecule has 0 amide bonds. The van der Waals surface area contributed by atoms with Gasteiger partial charge in [-0.2, -0.15) is 0 Å². The van der Waals surface area contributed by atoms with Crippen molar-refractivity contribution in [2.45, 2.75) is 38.0 Å². The minimum Gasteiger partial charge on any atom is -0.207 e. The fourth-order valence-electron chi connectivity index (χ4n) is 4.99. The first kappa shape index (κ1) is 19.3. The van der Waals surface area contributed by atoms with Gasteiger partial charge in [-0.25, -0.2) is 8.78 Å². The Balaban J connectivity index is 1.70. The molecule has 0 aliphatic heterocycles. The molecule has 0 radical (unpaired) electrons. The van der Waals surface area contributed by atoms with Crippen molar-refractivity contribution in [2.24, 2.45) is 5.92 Å². The molecule has 3 aromatic carbocycles. The molecular weight excluding hydrogens is 369 g/mol. The fraction of sp³-hybridized carbons (Fsp3) is 0.280. The molecule has 0 nitrogen and oxygen atoms in total. The van der Waals surface area contributed by atoms with Crippen molar-refractivity contribution in [2.75, 3.05) is 0 Å². The molecule has 0 heterocycles. The van der Waals surface area contributed by atoms with Crippen LogP contribution in [0.3, 0.4) is 0 Å². The van der Waals surface area contributed by atoms with Gasteiger partial charge >= 0.3 is 0 Å². The van der Waals surface area contributed by atoms with E-state index >= 15 is 0 Å². The minimum atomic E-state index is -0.203. The SMILES string of the molecule is CC1CC(c2ccc(-c3c(F)cccc3P)cc2)[C@@](C)(c2ccc(F)cc2)C1. The fourth-order valence-corrected chi connectivity index (χ4v) is 5.41. The van der Waals surface area contributed by atoms with Crippen LogP contribution in [-0.2, 0) is 5.41 Å². The van der Waals surface area contributed by atoms with Crippen molar-refractivity contribution in [3.8, 4) is 11.1 Å². The topological polar surface area (TPSA) is 0 Å². The first-order chi connectivity index (χ1) is 13.4. The molecule has 28 heavy (non-hydrogen) atoms. The Morgan fingerprint density at radius 1 is 0.929 bits per heavy atom. The van der Waals surface area contributed by atoms with E-state index in [4.69, 9.17) is 0 Å². The van der Waals surface area contributed by atoms with E-state index in [9.17, 15) is 8.78 Å². The van der Waals surface area contributed by atoms with Gasteiger partial charge < -0.3 is 0 Å². The zero-order valence-electron chi connectivity index (χ0n) is 16.3. The number of rotatable bonds is 3. The molecule has 3 heteroatoms.